The lowest BCUT2D eigenvalue weighted by molar-refractivity contribution is -0.137. The number of carbonyl (C=O) groups is 1. The Morgan fingerprint density at radius 2 is 1.96 bits per heavy atom. The Labute approximate surface area is 149 Å². The van der Waals surface area contributed by atoms with Gasteiger partial charge in [-0.15, -0.1) is 12.4 Å². The summed E-state index contributed by atoms with van der Waals surface area (Å²) in [7, 11) is 0. The molecule has 1 aromatic heterocycles. The quantitative estimate of drug-likeness (QED) is 0.692. The van der Waals surface area contributed by atoms with Crippen molar-refractivity contribution in [3.05, 3.63) is 64.7 Å². The molecule has 0 bridgehead atoms. The van der Waals surface area contributed by atoms with E-state index in [4.69, 9.17) is 16.7 Å². The van der Waals surface area contributed by atoms with E-state index in [9.17, 15) is 9.18 Å². The van der Waals surface area contributed by atoms with Crippen molar-refractivity contribution >= 4 is 41.0 Å². The van der Waals surface area contributed by atoms with E-state index in [0.29, 0.717) is 22.8 Å². The van der Waals surface area contributed by atoms with Gasteiger partial charge < -0.3 is 10.1 Å². The first-order valence-corrected chi connectivity index (χ1v) is 7.50. The molecule has 2 aromatic carbocycles. The van der Waals surface area contributed by atoms with Gasteiger partial charge in [0.2, 0.25) is 0 Å². The maximum Gasteiger partial charge on any atom is 0.303 e. The Kier molecular flexibility index (Phi) is 5.80. The molecule has 0 aliphatic heterocycles. The van der Waals surface area contributed by atoms with Crippen molar-refractivity contribution in [3.63, 3.8) is 0 Å². The van der Waals surface area contributed by atoms with Crippen molar-refractivity contribution < 1.29 is 14.3 Å². The third-order valence-electron chi connectivity index (χ3n) is 3.70. The fraction of sp³-hybridized carbons (Fsp3) is 0.176. The van der Waals surface area contributed by atoms with Gasteiger partial charge in [-0.1, -0.05) is 23.7 Å². The van der Waals surface area contributed by atoms with Crippen LogP contribution in [0, 0.1) is 5.82 Å². The molecule has 0 spiro atoms. The topological polar surface area (TPSA) is 66.0 Å². The van der Waals surface area contributed by atoms with Gasteiger partial charge in [-0.3, -0.25) is 4.79 Å². The number of H-pyrrole nitrogens is 1. The predicted octanol–water partition coefficient (Wildman–Crippen LogP) is 4.58. The number of aliphatic carboxylic acids is 1. The van der Waals surface area contributed by atoms with Crippen LogP contribution in [0.1, 0.15) is 23.7 Å². The Hall–Kier alpha value is -2.11. The number of carboxylic acids is 1. The zero-order valence-electron chi connectivity index (χ0n) is 12.5. The lowest BCUT2D eigenvalue weighted by Gasteiger charge is -2.14. The number of aromatic amines is 1. The molecule has 0 fully saturated rings. The van der Waals surface area contributed by atoms with Gasteiger partial charge in [0.15, 0.2) is 0 Å². The van der Waals surface area contributed by atoms with E-state index in [1.807, 2.05) is 12.1 Å². The second-order valence-electron chi connectivity index (χ2n) is 5.40. The first-order chi connectivity index (χ1) is 11.0. The summed E-state index contributed by atoms with van der Waals surface area (Å²) in [5.74, 6) is -0.843. The number of hydrogen-bond acceptors (Lipinski definition) is 2. The zero-order valence-corrected chi connectivity index (χ0v) is 14.1. The van der Waals surface area contributed by atoms with E-state index in [2.05, 4.69) is 9.97 Å². The lowest BCUT2D eigenvalue weighted by atomic mass is 9.92. The van der Waals surface area contributed by atoms with Gasteiger partial charge in [-0.05, 0) is 29.8 Å². The molecule has 4 nitrogen and oxygen atoms in total. The van der Waals surface area contributed by atoms with Crippen LogP contribution in [0.4, 0.5) is 4.39 Å². The second-order valence-corrected chi connectivity index (χ2v) is 5.83. The van der Waals surface area contributed by atoms with Gasteiger partial charge in [0, 0.05) is 23.4 Å². The monoisotopic (exact) mass is 368 g/mol. The molecule has 3 rings (SSSR count). The summed E-state index contributed by atoms with van der Waals surface area (Å²) in [6, 6.07) is 11.4. The van der Waals surface area contributed by atoms with Gasteiger partial charge in [0.05, 0.1) is 17.5 Å². The summed E-state index contributed by atoms with van der Waals surface area (Å²) >= 11 is 5.88. The van der Waals surface area contributed by atoms with Crippen molar-refractivity contribution in [2.24, 2.45) is 0 Å². The Morgan fingerprint density at radius 1 is 1.25 bits per heavy atom. The number of halogens is 3. The van der Waals surface area contributed by atoms with Gasteiger partial charge in [-0.25, -0.2) is 9.37 Å². The highest BCUT2D eigenvalue weighted by molar-refractivity contribution is 6.30. The summed E-state index contributed by atoms with van der Waals surface area (Å²) in [5, 5.41) is 9.75. The first-order valence-electron chi connectivity index (χ1n) is 7.12. The minimum absolute atomic E-state index is 0. The minimum Gasteiger partial charge on any atom is -0.481 e. The number of fused-ring (bicyclic) bond motifs is 1. The van der Waals surface area contributed by atoms with Crippen LogP contribution in [-0.4, -0.2) is 21.0 Å². The fourth-order valence-corrected chi connectivity index (χ4v) is 2.74. The van der Waals surface area contributed by atoms with Crippen molar-refractivity contribution in [2.45, 2.75) is 18.8 Å². The maximum atomic E-state index is 13.2. The SMILES string of the molecule is Cl.O=C(O)CC(Cc1nc2cc(F)ccc2[nH]1)c1ccc(Cl)cc1. The first kappa shape index (κ1) is 18.2. The van der Waals surface area contributed by atoms with E-state index in [1.54, 1.807) is 18.2 Å². The largest absolute Gasteiger partial charge is 0.481 e. The van der Waals surface area contributed by atoms with Crippen LogP contribution in [0.3, 0.4) is 0 Å². The number of nitrogens with zero attached hydrogens (tertiary/aromatic N) is 1. The van der Waals surface area contributed by atoms with E-state index < -0.39 is 5.97 Å². The van der Waals surface area contributed by atoms with Crippen LogP contribution >= 0.6 is 24.0 Å². The number of rotatable bonds is 5. The number of benzene rings is 2. The summed E-state index contributed by atoms with van der Waals surface area (Å²) in [4.78, 5) is 18.6. The highest BCUT2D eigenvalue weighted by Crippen LogP contribution is 2.26. The zero-order chi connectivity index (χ0) is 16.4. The predicted molar refractivity (Wildman–Crippen MR) is 93.4 cm³/mol. The molecule has 7 heteroatoms. The van der Waals surface area contributed by atoms with Crippen molar-refractivity contribution in [1.29, 1.82) is 0 Å². The number of nitrogens with one attached hydrogen (secondary N) is 1. The Morgan fingerprint density at radius 3 is 2.62 bits per heavy atom. The molecule has 24 heavy (non-hydrogen) atoms. The summed E-state index contributed by atoms with van der Waals surface area (Å²) in [6.45, 7) is 0. The van der Waals surface area contributed by atoms with Crippen LogP contribution in [0.15, 0.2) is 42.5 Å². The third kappa shape index (κ3) is 4.24. The average molecular weight is 369 g/mol. The third-order valence-corrected chi connectivity index (χ3v) is 3.95. The summed E-state index contributed by atoms with van der Waals surface area (Å²) in [5.41, 5.74) is 2.14. The fourth-order valence-electron chi connectivity index (χ4n) is 2.62. The van der Waals surface area contributed by atoms with E-state index in [-0.39, 0.29) is 30.6 Å². The molecule has 3 aromatic rings. The van der Waals surface area contributed by atoms with Gasteiger partial charge in [-0.2, -0.15) is 0 Å². The molecule has 0 aliphatic carbocycles. The van der Waals surface area contributed by atoms with Crippen LogP contribution in [0.25, 0.3) is 11.0 Å². The molecule has 0 saturated carbocycles. The van der Waals surface area contributed by atoms with Gasteiger partial charge >= 0.3 is 5.97 Å². The highest BCUT2D eigenvalue weighted by atomic mass is 35.5. The van der Waals surface area contributed by atoms with Crippen LogP contribution in [0.5, 0.6) is 0 Å². The van der Waals surface area contributed by atoms with E-state index >= 15 is 0 Å². The smallest absolute Gasteiger partial charge is 0.303 e. The molecule has 1 heterocycles. The molecule has 0 aliphatic rings. The maximum absolute atomic E-state index is 13.2. The van der Waals surface area contributed by atoms with Gasteiger partial charge in [0.25, 0.3) is 0 Å². The van der Waals surface area contributed by atoms with Crippen LogP contribution < -0.4 is 0 Å². The van der Waals surface area contributed by atoms with Crippen molar-refractivity contribution in [2.75, 3.05) is 0 Å². The number of aromatic nitrogens is 2. The second kappa shape index (κ2) is 7.64. The molecule has 0 radical (unpaired) electrons. The summed E-state index contributed by atoms with van der Waals surface area (Å²) < 4.78 is 13.2. The van der Waals surface area contributed by atoms with Crippen molar-refractivity contribution in [3.8, 4) is 0 Å². The molecule has 1 atom stereocenters. The normalized spacial score (nSPS) is 11.9. The average Bonchev–Trinajstić information content (AvgIpc) is 2.88. The van der Waals surface area contributed by atoms with Gasteiger partial charge in [0.1, 0.15) is 11.6 Å². The van der Waals surface area contributed by atoms with Crippen LogP contribution in [-0.2, 0) is 11.2 Å². The molecule has 2 N–H and O–H groups in total. The number of imidazole rings is 1. The Balaban J connectivity index is 0.00000208. The van der Waals surface area contributed by atoms with Crippen molar-refractivity contribution in [1.82, 2.24) is 9.97 Å². The molecule has 0 amide bonds. The van der Waals surface area contributed by atoms with E-state index in [1.165, 1.54) is 12.1 Å². The molecular formula is C17H15Cl2FN2O2. The molecule has 1 unspecified atom stereocenters. The standard InChI is InChI=1S/C17H14ClFN2O2.ClH/c18-12-3-1-10(2-4-12)11(8-17(22)23)7-16-20-14-6-5-13(19)9-15(14)21-16;/h1-6,9,11H,7-8H2,(H,20,21)(H,22,23);1H. The number of hydrogen-bond donors (Lipinski definition) is 2. The molecule has 0 saturated heterocycles. The lowest BCUT2D eigenvalue weighted by Crippen LogP contribution is -2.10. The minimum atomic E-state index is -0.882. The summed E-state index contributed by atoms with van der Waals surface area (Å²) in [6.07, 6.45) is 0.400. The number of carboxylic acid groups (broad SMARTS) is 1. The molecule has 126 valence electrons. The Bertz CT molecular complexity index is 849. The molecular weight excluding hydrogens is 354 g/mol. The van der Waals surface area contributed by atoms with Crippen LogP contribution in [0.2, 0.25) is 5.02 Å². The highest BCUT2D eigenvalue weighted by Gasteiger charge is 2.18. The van der Waals surface area contributed by atoms with E-state index in [0.717, 1.165) is 11.1 Å².